The number of carbonyl (C=O) groups excluding carboxylic acids is 1. The molecular formula is C20H14BrN3O2. The Bertz CT molecular complexity index is 1100. The van der Waals surface area contributed by atoms with Crippen molar-refractivity contribution in [2.75, 3.05) is 5.32 Å². The van der Waals surface area contributed by atoms with Gasteiger partial charge in [-0.25, -0.2) is 4.98 Å². The number of rotatable bonds is 3. The maximum absolute atomic E-state index is 12.8. The molecule has 0 atom stereocenters. The Morgan fingerprint density at radius 3 is 2.58 bits per heavy atom. The van der Waals surface area contributed by atoms with Gasteiger partial charge in [-0.1, -0.05) is 51.4 Å². The van der Waals surface area contributed by atoms with Crippen LogP contribution >= 0.6 is 15.9 Å². The molecule has 0 saturated heterocycles. The summed E-state index contributed by atoms with van der Waals surface area (Å²) >= 11 is 3.43. The number of amides is 1. The number of nitrogens with zero attached hydrogens (tertiary/aromatic N) is 2. The fourth-order valence-electron chi connectivity index (χ4n) is 2.74. The van der Waals surface area contributed by atoms with Gasteiger partial charge in [0.1, 0.15) is 5.76 Å². The van der Waals surface area contributed by atoms with Crippen molar-refractivity contribution in [1.82, 2.24) is 10.1 Å². The number of aromatic nitrogens is 2. The minimum absolute atomic E-state index is 0.254. The molecule has 0 aliphatic rings. The minimum Gasteiger partial charge on any atom is -0.360 e. The van der Waals surface area contributed by atoms with Gasteiger partial charge in [-0.15, -0.1) is 0 Å². The van der Waals surface area contributed by atoms with Crippen molar-refractivity contribution < 1.29 is 9.32 Å². The number of nitrogens with one attached hydrogen (secondary N) is 1. The predicted octanol–water partition coefficient (Wildman–Crippen LogP) is 5.21. The Kier molecular flexibility index (Phi) is 4.26. The second-order valence-electron chi connectivity index (χ2n) is 5.86. The Hall–Kier alpha value is -2.99. The van der Waals surface area contributed by atoms with E-state index in [1.165, 1.54) is 0 Å². The molecule has 2 aromatic heterocycles. The Morgan fingerprint density at radius 2 is 1.85 bits per heavy atom. The Labute approximate surface area is 158 Å². The van der Waals surface area contributed by atoms with Crippen LogP contribution in [0.1, 0.15) is 16.1 Å². The average molecular weight is 408 g/mol. The highest BCUT2D eigenvalue weighted by Crippen LogP contribution is 2.26. The van der Waals surface area contributed by atoms with Gasteiger partial charge in [-0.05, 0) is 31.2 Å². The molecule has 0 aliphatic heterocycles. The van der Waals surface area contributed by atoms with Crippen LogP contribution in [0, 0.1) is 6.92 Å². The fourth-order valence-corrected chi connectivity index (χ4v) is 3.01. The number of hydrogen-bond acceptors (Lipinski definition) is 4. The molecule has 128 valence electrons. The van der Waals surface area contributed by atoms with Crippen LogP contribution in [0.15, 0.2) is 69.7 Å². The van der Waals surface area contributed by atoms with Gasteiger partial charge in [0, 0.05) is 21.5 Å². The van der Waals surface area contributed by atoms with Crippen molar-refractivity contribution in [3.05, 3.63) is 76.5 Å². The predicted molar refractivity (Wildman–Crippen MR) is 104 cm³/mol. The molecule has 0 saturated carbocycles. The molecule has 1 amide bonds. The van der Waals surface area contributed by atoms with Gasteiger partial charge < -0.3 is 9.84 Å². The summed E-state index contributed by atoms with van der Waals surface area (Å²) in [4.78, 5) is 17.5. The number of halogens is 1. The summed E-state index contributed by atoms with van der Waals surface area (Å²) in [6, 6.07) is 18.9. The van der Waals surface area contributed by atoms with Gasteiger partial charge in [0.15, 0.2) is 5.82 Å². The van der Waals surface area contributed by atoms with Gasteiger partial charge in [0.05, 0.1) is 16.8 Å². The third-order valence-corrected chi connectivity index (χ3v) is 4.50. The van der Waals surface area contributed by atoms with Crippen molar-refractivity contribution in [3.63, 3.8) is 0 Å². The van der Waals surface area contributed by atoms with E-state index in [9.17, 15) is 4.79 Å². The topological polar surface area (TPSA) is 68.0 Å². The molecule has 0 aliphatic carbocycles. The third-order valence-electron chi connectivity index (χ3n) is 3.97. The molecule has 4 aromatic rings. The summed E-state index contributed by atoms with van der Waals surface area (Å²) in [6.07, 6.45) is 0. The van der Waals surface area contributed by atoms with Gasteiger partial charge in [0.25, 0.3) is 5.91 Å². The molecule has 5 nitrogen and oxygen atoms in total. The van der Waals surface area contributed by atoms with Crippen LogP contribution in [-0.4, -0.2) is 16.0 Å². The highest BCUT2D eigenvalue weighted by atomic mass is 79.9. The largest absolute Gasteiger partial charge is 0.360 e. The Balaban J connectivity index is 1.81. The lowest BCUT2D eigenvalue weighted by Gasteiger charge is -2.09. The first kappa shape index (κ1) is 16.5. The maximum atomic E-state index is 12.8. The van der Waals surface area contributed by atoms with Gasteiger partial charge in [-0.3, -0.25) is 4.79 Å². The molecule has 0 radical (unpaired) electrons. The zero-order valence-corrected chi connectivity index (χ0v) is 15.4. The summed E-state index contributed by atoms with van der Waals surface area (Å²) in [6.45, 7) is 1.77. The summed E-state index contributed by atoms with van der Waals surface area (Å²) in [7, 11) is 0. The van der Waals surface area contributed by atoms with E-state index in [1.807, 2.05) is 48.5 Å². The third kappa shape index (κ3) is 3.23. The highest BCUT2D eigenvalue weighted by Gasteiger charge is 2.15. The second kappa shape index (κ2) is 6.72. The van der Waals surface area contributed by atoms with Crippen LogP contribution in [0.4, 0.5) is 5.82 Å². The first-order valence-electron chi connectivity index (χ1n) is 8.00. The van der Waals surface area contributed by atoms with E-state index in [-0.39, 0.29) is 5.91 Å². The standard InChI is InChI=1S/C20H14BrN3O2/c1-12-10-19(24-26-12)23-20(25)16-11-18(13-6-8-14(21)9-7-13)22-17-5-3-2-4-15(16)17/h2-11H,1H3,(H,23,24,25). The number of aryl methyl sites for hydroxylation is 1. The first-order chi connectivity index (χ1) is 12.6. The number of fused-ring (bicyclic) bond motifs is 1. The molecule has 1 N–H and O–H groups in total. The number of pyridine rings is 1. The van der Waals surface area contributed by atoms with E-state index >= 15 is 0 Å². The number of para-hydroxylation sites is 1. The van der Waals surface area contributed by atoms with E-state index < -0.39 is 0 Å². The molecular weight excluding hydrogens is 394 g/mol. The lowest BCUT2D eigenvalue weighted by Crippen LogP contribution is -2.13. The fraction of sp³-hybridized carbons (Fsp3) is 0.0500. The highest BCUT2D eigenvalue weighted by molar-refractivity contribution is 9.10. The van der Waals surface area contributed by atoms with Crippen LogP contribution in [0.25, 0.3) is 22.2 Å². The number of benzene rings is 2. The van der Waals surface area contributed by atoms with Crippen molar-refractivity contribution in [2.24, 2.45) is 0 Å². The van der Waals surface area contributed by atoms with Gasteiger partial charge in [0.2, 0.25) is 0 Å². The smallest absolute Gasteiger partial charge is 0.257 e. The van der Waals surface area contributed by atoms with Crippen molar-refractivity contribution in [3.8, 4) is 11.3 Å². The van der Waals surface area contributed by atoms with Crippen molar-refractivity contribution in [1.29, 1.82) is 0 Å². The lowest BCUT2D eigenvalue weighted by atomic mass is 10.0. The summed E-state index contributed by atoms with van der Waals surface area (Å²) in [5.41, 5.74) is 2.96. The molecule has 0 spiro atoms. The summed E-state index contributed by atoms with van der Waals surface area (Å²) in [5.74, 6) is 0.768. The van der Waals surface area contributed by atoms with Gasteiger partial charge >= 0.3 is 0 Å². The maximum Gasteiger partial charge on any atom is 0.257 e. The van der Waals surface area contributed by atoms with Crippen molar-refractivity contribution >= 4 is 38.6 Å². The van der Waals surface area contributed by atoms with E-state index in [0.29, 0.717) is 17.1 Å². The molecule has 0 unspecified atom stereocenters. The van der Waals surface area contributed by atoms with E-state index in [0.717, 1.165) is 26.6 Å². The average Bonchev–Trinajstić information content (AvgIpc) is 3.06. The summed E-state index contributed by atoms with van der Waals surface area (Å²) < 4.78 is 6.00. The van der Waals surface area contributed by atoms with Crippen LogP contribution in [0.2, 0.25) is 0 Å². The van der Waals surface area contributed by atoms with Crippen molar-refractivity contribution in [2.45, 2.75) is 6.92 Å². The number of carbonyl (C=O) groups is 1. The quantitative estimate of drug-likeness (QED) is 0.505. The lowest BCUT2D eigenvalue weighted by molar-refractivity contribution is 0.102. The van der Waals surface area contributed by atoms with Crippen LogP contribution < -0.4 is 5.32 Å². The van der Waals surface area contributed by atoms with Crippen LogP contribution in [0.5, 0.6) is 0 Å². The van der Waals surface area contributed by atoms with Crippen LogP contribution in [-0.2, 0) is 0 Å². The second-order valence-corrected chi connectivity index (χ2v) is 6.77. The zero-order valence-electron chi connectivity index (χ0n) is 13.9. The molecule has 4 rings (SSSR count). The van der Waals surface area contributed by atoms with E-state index in [4.69, 9.17) is 9.51 Å². The molecule has 0 fully saturated rings. The monoisotopic (exact) mass is 407 g/mol. The number of anilines is 1. The van der Waals surface area contributed by atoms with Crippen LogP contribution in [0.3, 0.4) is 0 Å². The Morgan fingerprint density at radius 1 is 1.08 bits per heavy atom. The molecule has 2 aromatic carbocycles. The normalized spacial score (nSPS) is 10.8. The minimum atomic E-state index is -0.254. The number of hydrogen-bond donors (Lipinski definition) is 1. The summed E-state index contributed by atoms with van der Waals surface area (Å²) in [5, 5.41) is 7.39. The zero-order chi connectivity index (χ0) is 18.1. The van der Waals surface area contributed by atoms with E-state index in [2.05, 4.69) is 26.4 Å². The van der Waals surface area contributed by atoms with Gasteiger partial charge in [-0.2, -0.15) is 0 Å². The molecule has 2 heterocycles. The first-order valence-corrected chi connectivity index (χ1v) is 8.80. The molecule has 26 heavy (non-hydrogen) atoms. The SMILES string of the molecule is Cc1cc(NC(=O)c2cc(-c3ccc(Br)cc3)nc3ccccc23)no1. The molecule has 0 bridgehead atoms. The molecule has 6 heteroatoms. The van der Waals surface area contributed by atoms with E-state index in [1.54, 1.807) is 19.1 Å².